The fourth-order valence-electron chi connectivity index (χ4n) is 4.39. The number of hydrogen-bond donors (Lipinski definition) is 1. The van der Waals surface area contributed by atoms with Gasteiger partial charge in [-0.2, -0.15) is 0 Å². The average molecular weight is 454 g/mol. The number of carbonyl (C=O) groups is 3. The lowest BCUT2D eigenvalue weighted by Crippen LogP contribution is -2.55. The molecule has 3 rings (SSSR count). The van der Waals surface area contributed by atoms with Crippen LogP contribution in [0.1, 0.15) is 47.2 Å². The molecule has 1 aliphatic rings. The number of carbonyl (C=O) groups excluding carboxylic acids is 3. The zero-order valence-corrected chi connectivity index (χ0v) is 19.5. The van der Waals surface area contributed by atoms with Gasteiger partial charge in [0.2, 0.25) is 0 Å². The number of rotatable bonds is 8. The number of methoxy groups -OCH3 is 1. The molecule has 1 saturated heterocycles. The molecule has 0 atom stereocenters. The number of nitrogens with zero attached hydrogens (tertiary/aromatic N) is 1. The van der Waals surface area contributed by atoms with Crippen molar-refractivity contribution in [3.05, 3.63) is 65.2 Å². The predicted molar refractivity (Wildman–Crippen MR) is 126 cm³/mol. The summed E-state index contributed by atoms with van der Waals surface area (Å²) in [7, 11) is 1.31. The smallest absolute Gasteiger partial charge is 0.362 e. The van der Waals surface area contributed by atoms with Gasteiger partial charge >= 0.3 is 11.9 Å². The largest absolute Gasteiger partial charge is 0.465 e. The molecular formula is C26H33N2O5+. The second kappa shape index (κ2) is 11.6. The van der Waals surface area contributed by atoms with Crippen LogP contribution in [0.5, 0.6) is 0 Å². The fraction of sp³-hybridized carbons (Fsp3) is 0.423. The third kappa shape index (κ3) is 6.89. The van der Waals surface area contributed by atoms with Crippen LogP contribution in [0.4, 0.5) is 5.69 Å². The Morgan fingerprint density at radius 3 is 2.27 bits per heavy atom. The van der Waals surface area contributed by atoms with Crippen molar-refractivity contribution in [2.45, 2.75) is 39.2 Å². The van der Waals surface area contributed by atoms with Gasteiger partial charge in [-0.3, -0.25) is 4.79 Å². The Balaban J connectivity index is 1.71. The third-order valence-corrected chi connectivity index (χ3v) is 6.14. The first-order valence-electron chi connectivity index (χ1n) is 11.4. The first kappa shape index (κ1) is 24.5. The SMILES string of the molecule is COC(=O)c1cccc(C)c1NC(=O)C[N+]1(CC(=O)OCc2ccccc2)CCCCCC1. The maximum atomic E-state index is 13.1. The molecule has 0 radical (unpaired) electrons. The van der Waals surface area contributed by atoms with Crippen molar-refractivity contribution in [3.8, 4) is 0 Å². The molecule has 176 valence electrons. The zero-order valence-electron chi connectivity index (χ0n) is 19.5. The Labute approximate surface area is 195 Å². The lowest BCUT2D eigenvalue weighted by molar-refractivity contribution is -0.913. The van der Waals surface area contributed by atoms with E-state index in [2.05, 4.69) is 5.32 Å². The maximum Gasteiger partial charge on any atom is 0.362 e. The van der Waals surface area contributed by atoms with E-state index in [9.17, 15) is 14.4 Å². The normalized spacial score (nSPS) is 15.2. The Hall–Kier alpha value is -3.19. The molecule has 1 N–H and O–H groups in total. The monoisotopic (exact) mass is 453 g/mol. The molecule has 7 heteroatoms. The molecule has 33 heavy (non-hydrogen) atoms. The van der Waals surface area contributed by atoms with E-state index in [-0.39, 0.29) is 31.6 Å². The highest BCUT2D eigenvalue weighted by Gasteiger charge is 2.35. The van der Waals surface area contributed by atoms with Crippen molar-refractivity contribution in [1.82, 2.24) is 0 Å². The van der Waals surface area contributed by atoms with Gasteiger partial charge in [-0.1, -0.05) is 42.5 Å². The Morgan fingerprint density at radius 1 is 0.909 bits per heavy atom. The highest BCUT2D eigenvalue weighted by molar-refractivity contribution is 6.02. The van der Waals surface area contributed by atoms with Crippen LogP contribution in [0.15, 0.2) is 48.5 Å². The van der Waals surface area contributed by atoms with Gasteiger partial charge in [0.05, 0.1) is 31.5 Å². The molecule has 1 heterocycles. The van der Waals surface area contributed by atoms with Crippen molar-refractivity contribution < 1.29 is 28.3 Å². The number of anilines is 1. The van der Waals surface area contributed by atoms with Crippen LogP contribution < -0.4 is 5.32 Å². The summed E-state index contributed by atoms with van der Waals surface area (Å²) in [4.78, 5) is 38.1. The van der Waals surface area contributed by atoms with Gasteiger partial charge in [0.15, 0.2) is 13.1 Å². The first-order chi connectivity index (χ1) is 15.9. The summed E-state index contributed by atoms with van der Waals surface area (Å²) < 4.78 is 10.8. The predicted octanol–water partition coefficient (Wildman–Crippen LogP) is 3.85. The maximum absolute atomic E-state index is 13.1. The second-order valence-corrected chi connectivity index (χ2v) is 8.70. The van der Waals surface area contributed by atoms with E-state index in [0.29, 0.717) is 15.7 Å². The van der Waals surface area contributed by atoms with Gasteiger partial charge < -0.3 is 19.3 Å². The van der Waals surface area contributed by atoms with Crippen LogP contribution >= 0.6 is 0 Å². The van der Waals surface area contributed by atoms with Crippen LogP contribution in [0.3, 0.4) is 0 Å². The molecule has 2 aromatic rings. The van der Waals surface area contributed by atoms with Crippen molar-refractivity contribution in [1.29, 1.82) is 0 Å². The van der Waals surface area contributed by atoms with E-state index < -0.39 is 5.97 Å². The number of hydrogen-bond acceptors (Lipinski definition) is 5. The van der Waals surface area contributed by atoms with Gasteiger partial charge in [-0.15, -0.1) is 0 Å². The summed E-state index contributed by atoms with van der Waals surface area (Å²) in [5.41, 5.74) is 2.47. The molecule has 0 saturated carbocycles. The van der Waals surface area contributed by atoms with Crippen molar-refractivity contribution in [2.24, 2.45) is 0 Å². The number of nitrogens with one attached hydrogen (secondary N) is 1. The quantitative estimate of drug-likeness (QED) is 0.485. The van der Waals surface area contributed by atoms with Gasteiger partial charge in [0, 0.05) is 0 Å². The number of aryl methyl sites for hydroxylation is 1. The Morgan fingerprint density at radius 2 is 1.61 bits per heavy atom. The van der Waals surface area contributed by atoms with Crippen molar-refractivity contribution >= 4 is 23.5 Å². The van der Waals surface area contributed by atoms with Crippen LogP contribution in [0, 0.1) is 6.92 Å². The van der Waals surface area contributed by atoms with Gasteiger partial charge in [0.1, 0.15) is 6.61 Å². The van der Waals surface area contributed by atoms with Crippen LogP contribution in [0.25, 0.3) is 0 Å². The topological polar surface area (TPSA) is 81.7 Å². The minimum atomic E-state index is -0.503. The highest BCUT2D eigenvalue weighted by Crippen LogP contribution is 2.23. The average Bonchev–Trinajstić information content (AvgIpc) is 3.04. The van der Waals surface area contributed by atoms with E-state index in [0.717, 1.165) is 49.9 Å². The summed E-state index contributed by atoms with van der Waals surface area (Å²) in [5.74, 6) is -1.04. The lowest BCUT2D eigenvalue weighted by Gasteiger charge is -2.36. The zero-order chi connectivity index (χ0) is 23.7. The molecular weight excluding hydrogens is 420 g/mol. The molecule has 7 nitrogen and oxygen atoms in total. The van der Waals surface area contributed by atoms with E-state index in [4.69, 9.17) is 9.47 Å². The number of esters is 2. The standard InChI is InChI=1S/C26H32N2O5/c1-20-11-10-14-22(26(31)32-2)25(20)27-23(29)17-28(15-8-3-4-9-16-28)18-24(30)33-19-21-12-6-5-7-13-21/h5-7,10-14H,3-4,8-9,15-19H2,1-2H3/p+1. The number of likely N-dealkylation sites (tertiary alicyclic amines) is 1. The second-order valence-electron chi connectivity index (χ2n) is 8.70. The van der Waals surface area contributed by atoms with E-state index in [1.807, 2.05) is 43.3 Å². The molecule has 0 aromatic heterocycles. The Kier molecular flexibility index (Phi) is 8.60. The molecule has 1 aliphatic heterocycles. The lowest BCUT2D eigenvalue weighted by atomic mass is 10.1. The number of benzene rings is 2. The molecule has 0 spiro atoms. The molecule has 1 amide bonds. The third-order valence-electron chi connectivity index (χ3n) is 6.14. The van der Waals surface area contributed by atoms with Gasteiger partial charge in [-0.05, 0) is 49.8 Å². The molecule has 1 fully saturated rings. The summed E-state index contributed by atoms with van der Waals surface area (Å²) in [6, 6.07) is 14.8. The van der Waals surface area contributed by atoms with Crippen LogP contribution in [0.2, 0.25) is 0 Å². The summed E-state index contributed by atoms with van der Waals surface area (Å²) in [6.45, 7) is 3.83. The molecule has 0 unspecified atom stereocenters. The summed E-state index contributed by atoms with van der Waals surface area (Å²) in [5, 5.41) is 2.91. The van der Waals surface area contributed by atoms with Crippen molar-refractivity contribution in [3.63, 3.8) is 0 Å². The minimum absolute atomic E-state index is 0.148. The summed E-state index contributed by atoms with van der Waals surface area (Å²) in [6.07, 6.45) is 4.09. The first-order valence-corrected chi connectivity index (χ1v) is 11.4. The number of quaternary nitrogens is 1. The van der Waals surface area contributed by atoms with Crippen molar-refractivity contribution in [2.75, 3.05) is 38.6 Å². The van der Waals surface area contributed by atoms with E-state index in [1.165, 1.54) is 7.11 Å². The van der Waals surface area contributed by atoms with Crippen LogP contribution in [-0.4, -0.2) is 55.6 Å². The minimum Gasteiger partial charge on any atom is -0.465 e. The molecule has 0 bridgehead atoms. The van der Waals surface area contributed by atoms with E-state index >= 15 is 0 Å². The number of para-hydroxylation sites is 1. The Bertz CT molecular complexity index is 966. The highest BCUT2D eigenvalue weighted by atomic mass is 16.5. The van der Waals surface area contributed by atoms with Gasteiger partial charge in [-0.25, -0.2) is 9.59 Å². The van der Waals surface area contributed by atoms with Crippen LogP contribution in [-0.2, 0) is 25.7 Å². The number of ether oxygens (including phenoxy) is 2. The molecule has 0 aliphatic carbocycles. The van der Waals surface area contributed by atoms with Gasteiger partial charge in [0.25, 0.3) is 5.91 Å². The number of amides is 1. The fourth-order valence-corrected chi connectivity index (χ4v) is 4.39. The molecule has 2 aromatic carbocycles. The van der Waals surface area contributed by atoms with E-state index in [1.54, 1.807) is 12.1 Å². The summed E-state index contributed by atoms with van der Waals surface area (Å²) >= 11 is 0.